The van der Waals surface area contributed by atoms with Crippen molar-refractivity contribution < 1.29 is 9.59 Å². The van der Waals surface area contributed by atoms with Gasteiger partial charge in [0.1, 0.15) is 12.4 Å². The highest BCUT2D eigenvalue weighted by molar-refractivity contribution is 6.30. The van der Waals surface area contributed by atoms with Gasteiger partial charge in [-0.2, -0.15) is 0 Å². The molecule has 1 aliphatic rings. The molecule has 7 heteroatoms. The van der Waals surface area contributed by atoms with Gasteiger partial charge >= 0.3 is 0 Å². The third kappa shape index (κ3) is 5.93. The number of amides is 2. The molecule has 2 heterocycles. The fraction of sp³-hybridized carbons (Fsp3) is 0.423. The van der Waals surface area contributed by atoms with Gasteiger partial charge in [-0.3, -0.25) is 9.59 Å². The minimum Gasteiger partial charge on any atom is -0.356 e. The molecule has 1 aromatic heterocycles. The predicted molar refractivity (Wildman–Crippen MR) is 131 cm³/mol. The number of likely N-dealkylation sites (tertiary alicyclic amines) is 1. The van der Waals surface area contributed by atoms with E-state index in [2.05, 4.69) is 16.8 Å². The van der Waals surface area contributed by atoms with E-state index < -0.39 is 0 Å². The van der Waals surface area contributed by atoms with E-state index in [-0.39, 0.29) is 11.8 Å². The van der Waals surface area contributed by atoms with Crippen molar-refractivity contribution in [1.29, 1.82) is 0 Å². The Morgan fingerprint density at radius 2 is 1.91 bits per heavy atom. The first-order chi connectivity index (χ1) is 16.0. The Bertz CT molecular complexity index is 1110. The Balaban J connectivity index is 1.36. The molecule has 0 radical (unpaired) electrons. The normalized spacial score (nSPS) is 16.2. The van der Waals surface area contributed by atoms with E-state index in [1.54, 1.807) is 12.1 Å². The van der Waals surface area contributed by atoms with Crippen LogP contribution in [0, 0.1) is 0 Å². The number of fused-ring (bicyclic) bond motifs is 1. The fourth-order valence-electron chi connectivity index (χ4n) is 4.51. The van der Waals surface area contributed by atoms with E-state index in [0.29, 0.717) is 37.0 Å². The number of benzene rings is 2. The molecule has 1 atom stereocenters. The van der Waals surface area contributed by atoms with E-state index in [1.165, 1.54) is 6.42 Å². The van der Waals surface area contributed by atoms with Crippen molar-refractivity contribution in [1.82, 2.24) is 19.8 Å². The van der Waals surface area contributed by atoms with E-state index >= 15 is 0 Å². The van der Waals surface area contributed by atoms with Gasteiger partial charge in [-0.15, -0.1) is 0 Å². The number of hydrogen-bond acceptors (Lipinski definition) is 3. The summed E-state index contributed by atoms with van der Waals surface area (Å²) in [4.78, 5) is 32.2. The molecule has 1 unspecified atom stereocenters. The number of carbonyl (C=O) groups excluding carboxylic acids is 2. The minimum absolute atomic E-state index is 0.0138. The smallest absolute Gasteiger partial charge is 0.242 e. The molecule has 0 spiro atoms. The summed E-state index contributed by atoms with van der Waals surface area (Å²) in [6, 6.07) is 15.6. The largest absolute Gasteiger partial charge is 0.356 e. The number of aromatic nitrogens is 2. The molecule has 0 aliphatic carbocycles. The van der Waals surface area contributed by atoms with Crippen molar-refractivity contribution in [2.75, 3.05) is 13.1 Å². The highest BCUT2D eigenvalue weighted by Gasteiger charge is 2.24. The molecule has 1 aliphatic heterocycles. The van der Waals surface area contributed by atoms with Gasteiger partial charge in [-0.1, -0.05) is 35.9 Å². The second-order valence-electron chi connectivity index (χ2n) is 8.79. The maximum absolute atomic E-state index is 13.1. The lowest BCUT2D eigenvalue weighted by Gasteiger charge is -2.33. The number of carbonyl (C=O) groups is 2. The number of aryl methyl sites for hydroxylation is 1. The Hall–Kier alpha value is -2.86. The highest BCUT2D eigenvalue weighted by atomic mass is 35.5. The summed E-state index contributed by atoms with van der Waals surface area (Å²) in [6.07, 6.45) is 5.11. The summed E-state index contributed by atoms with van der Waals surface area (Å²) in [7, 11) is 0. The molecule has 3 aromatic rings. The van der Waals surface area contributed by atoms with Crippen molar-refractivity contribution in [2.45, 2.75) is 58.0 Å². The highest BCUT2D eigenvalue weighted by Crippen LogP contribution is 2.20. The summed E-state index contributed by atoms with van der Waals surface area (Å²) in [5.74, 6) is 1.03. The van der Waals surface area contributed by atoms with Gasteiger partial charge in [-0.25, -0.2) is 4.98 Å². The summed E-state index contributed by atoms with van der Waals surface area (Å²) >= 11 is 5.90. The topological polar surface area (TPSA) is 67.2 Å². The average Bonchev–Trinajstić information content (AvgIpc) is 3.16. The SMILES string of the molecule is CC1CCCCN1C(=O)Cn1c(CCCNC(=O)Cc2ccc(Cl)cc2)nc2ccccc21. The van der Waals surface area contributed by atoms with Crippen molar-refractivity contribution >= 4 is 34.4 Å². The monoisotopic (exact) mass is 466 g/mol. The Morgan fingerprint density at radius 3 is 2.70 bits per heavy atom. The number of imidazole rings is 1. The molecule has 2 amide bonds. The van der Waals surface area contributed by atoms with E-state index in [0.717, 1.165) is 48.2 Å². The summed E-state index contributed by atoms with van der Waals surface area (Å²) in [6.45, 7) is 3.84. The van der Waals surface area contributed by atoms with E-state index in [4.69, 9.17) is 16.6 Å². The molecule has 174 valence electrons. The van der Waals surface area contributed by atoms with Crippen LogP contribution in [0.4, 0.5) is 0 Å². The zero-order chi connectivity index (χ0) is 23.2. The molecule has 2 aromatic carbocycles. The molecule has 1 saturated heterocycles. The van der Waals surface area contributed by atoms with E-state index in [9.17, 15) is 9.59 Å². The first kappa shape index (κ1) is 23.3. The summed E-state index contributed by atoms with van der Waals surface area (Å²) < 4.78 is 2.05. The van der Waals surface area contributed by atoms with Crippen LogP contribution in [-0.2, 0) is 29.0 Å². The average molecular weight is 467 g/mol. The maximum Gasteiger partial charge on any atom is 0.242 e. The molecule has 1 fully saturated rings. The summed E-state index contributed by atoms with van der Waals surface area (Å²) in [5, 5.41) is 3.65. The van der Waals surface area contributed by atoms with Crippen LogP contribution in [0.3, 0.4) is 0 Å². The quantitative estimate of drug-likeness (QED) is 0.501. The summed E-state index contributed by atoms with van der Waals surface area (Å²) in [5.41, 5.74) is 2.82. The zero-order valence-electron chi connectivity index (χ0n) is 19.1. The van der Waals surface area contributed by atoms with Gasteiger partial charge in [0.05, 0.1) is 17.5 Å². The van der Waals surface area contributed by atoms with Gasteiger partial charge in [0.15, 0.2) is 0 Å². The van der Waals surface area contributed by atoms with Crippen LogP contribution in [0.25, 0.3) is 11.0 Å². The van der Waals surface area contributed by atoms with E-state index in [1.807, 2.05) is 41.3 Å². The van der Waals surface area contributed by atoms with Gasteiger partial charge in [0.25, 0.3) is 0 Å². The van der Waals surface area contributed by atoms with Crippen LogP contribution in [0.15, 0.2) is 48.5 Å². The molecular formula is C26H31ClN4O2. The first-order valence-corrected chi connectivity index (χ1v) is 12.1. The molecular weight excluding hydrogens is 436 g/mol. The fourth-order valence-corrected chi connectivity index (χ4v) is 4.64. The van der Waals surface area contributed by atoms with Crippen LogP contribution in [0.5, 0.6) is 0 Å². The lowest BCUT2D eigenvalue weighted by atomic mass is 10.0. The van der Waals surface area contributed by atoms with Crippen LogP contribution in [-0.4, -0.2) is 45.4 Å². The minimum atomic E-state index is -0.0138. The number of para-hydroxylation sites is 2. The number of rotatable bonds is 8. The van der Waals surface area contributed by atoms with Crippen molar-refractivity contribution in [3.05, 3.63) is 64.9 Å². The van der Waals surface area contributed by atoms with Gasteiger partial charge in [-0.05, 0) is 62.4 Å². The maximum atomic E-state index is 13.1. The third-order valence-corrected chi connectivity index (χ3v) is 6.58. The third-order valence-electron chi connectivity index (χ3n) is 6.33. The predicted octanol–water partition coefficient (Wildman–Crippen LogP) is 4.38. The van der Waals surface area contributed by atoms with Crippen molar-refractivity contribution in [2.24, 2.45) is 0 Å². The molecule has 33 heavy (non-hydrogen) atoms. The molecule has 0 bridgehead atoms. The second kappa shape index (κ2) is 10.8. The van der Waals surface area contributed by atoms with Crippen LogP contribution in [0.2, 0.25) is 5.02 Å². The van der Waals surface area contributed by atoms with Gasteiger partial charge in [0, 0.05) is 30.6 Å². The van der Waals surface area contributed by atoms with Crippen LogP contribution < -0.4 is 5.32 Å². The number of hydrogen-bond donors (Lipinski definition) is 1. The van der Waals surface area contributed by atoms with Crippen LogP contribution in [0.1, 0.15) is 44.0 Å². The zero-order valence-corrected chi connectivity index (χ0v) is 19.9. The number of nitrogens with zero attached hydrogens (tertiary/aromatic N) is 3. The van der Waals surface area contributed by atoms with Gasteiger partial charge < -0.3 is 14.8 Å². The second-order valence-corrected chi connectivity index (χ2v) is 9.23. The van der Waals surface area contributed by atoms with Crippen molar-refractivity contribution in [3.63, 3.8) is 0 Å². The number of nitrogens with one attached hydrogen (secondary N) is 1. The Morgan fingerprint density at radius 1 is 1.12 bits per heavy atom. The van der Waals surface area contributed by atoms with Crippen LogP contribution >= 0.6 is 11.6 Å². The number of halogens is 1. The lowest BCUT2D eigenvalue weighted by Crippen LogP contribution is -2.43. The molecule has 4 rings (SSSR count). The van der Waals surface area contributed by atoms with Crippen molar-refractivity contribution in [3.8, 4) is 0 Å². The first-order valence-electron chi connectivity index (χ1n) is 11.8. The molecule has 1 N–H and O–H groups in total. The molecule has 6 nitrogen and oxygen atoms in total. The molecule has 0 saturated carbocycles. The number of piperidine rings is 1. The van der Waals surface area contributed by atoms with Gasteiger partial charge in [0.2, 0.25) is 11.8 Å². The lowest BCUT2D eigenvalue weighted by molar-refractivity contribution is -0.135. The Kier molecular flexibility index (Phi) is 7.65. The Labute approximate surface area is 199 Å². The standard InChI is InChI=1S/C26H31ClN4O2/c1-19-7-4-5-16-30(19)26(33)18-31-23-9-3-2-8-22(23)29-24(31)10-6-15-28-25(32)17-20-11-13-21(27)14-12-20/h2-3,8-9,11-14,19H,4-7,10,15-18H2,1H3,(H,28,32).